The summed E-state index contributed by atoms with van der Waals surface area (Å²) in [5, 5.41) is 23.2. The van der Waals surface area contributed by atoms with Crippen molar-refractivity contribution in [2.24, 2.45) is 0 Å². The van der Waals surface area contributed by atoms with Gasteiger partial charge >= 0.3 is 0 Å². The van der Waals surface area contributed by atoms with E-state index in [0.717, 1.165) is 11.4 Å². The number of methoxy groups -OCH3 is 1. The highest BCUT2D eigenvalue weighted by Crippen LogP contribution is 2.23. The minimum Gasteiger partial charge on any atom is -0.497 e. The summed E-state index contributed by atoms with van der Waals surface area (Å²) in [4.78, 5) is 27.6. The average molecular weight is 437 g/mol. The number of nitro benzene ring substituents is 1. The molecule has 1 fully saturated rings. The molecule has 0 N–H and O–H groups in total. The summed E-state index contributed by atoms with van der Waals surface area (Å²) in [5.74, 6) is 1.27. The molecule has 0 spiro atoms. The number of tetrazole rings is 1. The highest BCUT2D eigenvalue weighted by molar-refractivity contribution is 5.96. The van der Waals surface area contributed by atoms with E-state index >= 15 is 0 Å². The number of carbonyl (C=O) groups excluding carboxylic acids is 1. The number of nitrogens with zero attached hydrogens (tertiary/aromatic N) is 7. The third-order valence-electron chi connectivity index (χ3n) is 5.61. The van der Waals surface area contributed by atoms with Crippen LogP contribution < -0.4 is 4.74 Å². The quantitative estimate of drug-likeness (QED) is 0.423. The van der Waals surface area contributed by atoms with Crippen LogP contribution in [0.2, 0.25) is 0 Å². The summed E-state index contributed by atoms with van der Waals surface area (Å²) in [5.41, 5.74) is 1.56. The Kier molecular flexibility index (Phi) is 6.08. The smallest absolute Gasteiger partial charge is 0.273 e. The van der Waals surface area contributed by atoms with Gasteiger partial charge in [-0.15, -0.1) is 5.10 Å². The molecule has 166 valence electrons. The van der Waals surface area contributed by atoms with Crippen molar-refractivity contribution in [1.29, 1.82) is 0 Å². The van der Waals surface area contributed by atoms with E-state index in [4.69, 9.17) is 4.74 Å². The van der Waals surface area contributed by atoms with E-state index in [1.165, 1.54) is 6.07 Å². The fraction of sp³-hybridized carbons (Fsp3) is 0.333. The number of piperazine rings is 1. The van der Waals surface area contributed by atoms with Crippen LogP contribution in [-0.2, 0) is 6.54 Å². The maximum atomic E-state index is 12.9. The molecule has 32 heavy (non-hydrogen) atoms. The Morgan fingerprint density at radius 2 is 1.84 bits per heavy atom. The van der Waals surface area contributed by atoms with Crippen molar-refractivity contribution < 1.29 is 14.5 Å². The van der Waals surface area contributed by atoms with Gasteiger partial charge in [0.25, 0.3) is 11.6 Å². The Morgan fingerprint density at radius 3 is 2.50 bits per heavy atom. The topological polar surface area (TPSA) is 120 Å². The van der Waals surface area contributed by atoms with Crippen molar-refractivity contribution in [3.05, 3.63) is 69.5 Å². The SMILES string of the molecule is COc1ccc(-n2nnnc2CN2CCN(C(=O)c3cccc([N+](=O)[O-])c3C)CC2)cc1. The number of hydrogen-bond acceptors (Lipinski definition) is 8. The van der Waals surface area contributed by atoms with E-state index in [0.29, 0.717) is 49.7 Å². The van der Waals surface area contributed by atoms with Gasteiger partial charge in [0.05, 0.1) is 24.3 Å². The van der Waals surface area contributed by atoms with Crippen LogP contribution in [0, 0.1) is 17.0 Å². The number of aromatic nitrogens is 4. The molecule has 1 amide bonds. The Hall–Kier alpha value is -3.86. The molecule has 3 aromatic rings. The van der Waals surface area contributed by atoms with E-state index < -0.39 is 4.92 Å². The van der Waals surface area contributed by atoms with Gasteiger partial charge in [-0.1, -0.05) is 6.07 Å². The highest BCUT2D eigenvalue weighted by atomic mass is 16.6. The second-order valence-electron chi connectivity index (χ2n) is 7.48. The molecule has 0 atom stereocenters. The van der Waals surface area contributed by atoms with E-state index in [-0.39, 0.29) is 11.6 Å². The first-order chi connectivity index (χ1) is 15.5. The third kappa shape index (κ3) is 4.28. The van der Waals surface area contributed by atoms with Crippen molar-refractivity contribution in [3.63, 3.8) is 0 Å². The Balaban J connectivity index is 1.40. The predicted molar refractivity (Wildman–Crippen MR) is 115 cm³/mol. The van der Waals surface area contributed by atoms with E-state index in [9.17, 15) is 14.9 Å². The summed E-state index contributed by atoms with van der Waals surface area (Å²) >= 11 is 0. The highest BCUT2D eigenvalue weighted by Gasteiger charge is 2.26. The molecule has 2 heterocycles. The molecule has 0 radical (unpaired) electrons. The second-order valence-corrected chi connectivity index (χ2v) is 7.48. The van der Waals surface area contributed by atoms with E-state index in [1.54, 1.807) is 35.7 Å². The summed E-state index contributed by atoms with van der Waals surface area (Å²) < 4.78 is 6.87. The maximum Gasteiger partial charge on any atom is 0.273 e. The van der Waals surface area contributed by atoms with Gasteiger partial charge < -0.3 is 9.64 Å². The van der Waals surface area contributed by atoms with Crippen molar-refractivity contribution in [3.8, 4) is 11.4 Å². The Labute approximate surface area is 184 Å². The maximum absolute atomic E-state index is 12.9. The number of benzene rings is 2. The Morgan fingerprint density at radius 1 is 1.12 bits per heavy atom. The molecule has 1 aromatic heterocycles. The molecule has 2 aromatic carbocycles. The van der Waals surface area contributed by atoms with E-state index in [1.807, 2.05) is 24.3 Å². The molecule has 11 heteroatoms. The van der Waals surface area contributed by atoms with Crippen molar-refractivity contribution >= 4 is 11.6 Å². The largest absolute Gasteiger partial charge is 0.497 e. The van der Waals surface area contributed by atoms with Crippen LogP contribution in [0.25, 0.3) is 5.69 Å². The molecule has 1 saturated heterocycles. The number of nitro groups is 1. The summed E-state index contributed by atoms with van der Waals surface area (Å²) in [6.07, 6.45) is 0. The van der Waals surface area contributed by atoms with Crippen molar-refractivity contribution in [1.82, 2.24) is 30.0 Å². The number of rotatable bonds is 6. The number of hydrogen-bond donors (Lipinski definition) is 0. The molecule has 0 saturated carbocycles. The van der Waals surface area contributed by atoms with Gasteiger partial charge in [-0.3, -0.25) is 19.8 Å². The first kappa shape index (κ1) is 21.4. The minimum absolute atomic E-state index is 0.0418. The first-order valence-electron chi connectivity index (χ1n) is 10.1. The summed E-state index contributed by atoms with van der Waals surface area (Å²) in [6.45, 7) is 4.48. The second kappa shape index (κ2) is 9.10. The van der Waals surface area contributed by atoms with Gasteiger partial charge in [0.1, 0.15) is 5.75 Å². The van der Waals surface area contributed by atoms with Crippen LogP contribution >= 0.6 is 0 Å². The molecular formula is C21H23N7O4. The standard InChI is InChI=1S/C21H23N7O4/c1-15-18(4-3-5-19(15)28(30)31)21(29)26-12-10-25(11-13-26)14-20-22-23-24-27(20)16-6-8-17(32-2)9-7-16/h3-9H,10-14H2,1-2H3. The van der Waals surface area contributed by atoms with Crippen LogP contribution in [-0.4, -0.2) is 74.1 Å². The number of carbonyl (C=O) groups is 1. The number of amides is 1. The molecule has 1 aliphatic rings. The molecule has 1 aliphatic heterocycles. The van der Waals surface area contributed by atoms with Crippen molar-refractivity contribution in [2.75, 3.05) is 33.3 Å². The fourth-order valence-corrected chi connectivity index (χ4v) is 3.76. The Bertz CT molecular complexity index is 1120. The molecule has 0 aliphatic carbocycles. The lowest BCUT2D eigenvalue weighted by Gasteiger charge is -2.34. The van der Waals surface area contributed by atoms with Crippen LogP contribution in [0.5, 0.6) is 5.75 Å². The van der Waals surface area contributed by atoms with Gasteiger partial charge in [0, 0.05) is 43.4 Å². The molecule has 4 rings (SSSR count). The van der Waals surface area contributed by atoms with E-state index in [2.05, 4.69) is 20.4 Å². The molecule has 0 bridgehead atoms. The molecule has 0 unspecified atom stereocenters. The lowest BCUT2D eigenvalue weighted by Crippen LogP contribution is -2.48. The molecule has 11 nitrogen and oxygen atoms in total. The predicted octanol–water partition coefficient (Wildman–Crippen LogP) is 1.85. The lowest BCUT2D eigenvalue weighted by molar-refractivity contribution is -0.385. The third-order valence-corrected chi connectivity index (χ3v) is 5.61. The lowest BCUT2D eigenvalue weighted by atomic mass is 10.1. The van der Waals surface area contributed by atoms with Crippen molar-refractivity contribution in [2.45, 2.75) is 13.5 Å². The fourth-order valence-electron chi connectivity index (χ4n) is 3.76. The monoisotopic (exact) mass is 437 g/mol. The first-order valence-corrected chi connectivity index (χ1v) is 10.1. The summed E-state index contributed by atoms with van der Waals surface area (Å²) in [6, 6.07) is 12.1. The van der Waals surface area contributed by atoms with Gasteiger partial charge in [-0.05, 0) is 47.7 Å². The van der Waals surface area contributed by atoms with Gasteiger partial charge in [-0.2, -0.15) is 4.68 Å². The van der Waals surface area contributed by atoms with Gasteiger partial charge in [0.2, 0.25) is 0 Å². The minimum atomic E-state index is -0.461. The zero-order chi connectivity index (χ0) is 22.7. The molecular weight excluding hydrogens is 414 g/mol. The summed E-state index contributed by atoms with van der Waals surface area (Å²) in [7, 11) is 1.61. The van der Waals surface area contributed by atoms with Gasteiger partial charge in [0.15, 0.2) is 5.82 Å². The zero-order valence-corrected chi connectivity index (χ0v) is 17.8. The van der Waals surface area contributed by atoms with Crippen LogP contribution in [0.1, 0.15) is 21.7 Å². The zero-order valence-electron chi connectivity index (χ0n) is 17.8. The van der Waals surface area contributed by atoms with Crippen LogP contribution in [0.3, 0.4) is 0 Å². The number of ether oxygens (including phenoxy) is 1. The van der Waals surface area contributed by atoms with Crippen LogP contribution in [0.4, 0.5) is 5.69 Å². The normalized spacial score (nSPS) is 14.4. The van der Waals surface area contributed by atoms with Gasteiger partial charge in [-0.25, -0.2) is 0 Å². The van der Waals surface area contributed by atoms with Crippen LogP contribution in [0.15, 0.2) is 42.5 Å². The average Bonchev–Trinajstić information content (AvgIpc) is 3.27.